The number of anilines is 1. The molecule has 2 aromatic rings. The van der Waals surface area contributed by atoms with Crippen molar-refractivity contribution >= 4 is 28.7 Å². The minimum absolute atomic E-state index is 0.250. The second-order valence-electron chi connectivity index (χ2n) is 8.20. The average molecular weight is 438 g/mol. The minimum atomic E-state index is -0.748. The zero-order valence-electron chi connectivity index (χ0n) is 17.9. The van der Waals surface area contributed by atoms with E-state index in [0.29, 0.717) is 22.7 Å². The Bertz CT molecular complexity index is 1150. The van der Waals surface area contributed by atoms with E-state index >= 15 is 0 Å². The van der Waals surface area contributed by atoms with Gasteiger partial charge >= 0.3 is 5.97 Å². The van der Waals surface area contributed by atoms with Crippen molar-refractivity contribution in [3.8, 4) is 0 Å². The number of pyridine rings is 1. The first-order chi connectivity index (χ1) is 15.2. The summed E-state index contributed by atoms with van der Waals surface area (Å²) in [5.74, 6) is -1.59. The Labute approximate surface area is 184 Å². The number of aliphatic hydroxyl groups excluding tert-OH is 1. The molecule has 1 aromatic carbocycles. The predicted molar refractivity (Wildman–Crippen MR) is 116 cm³/mol. The van der Waals surface area contributed by atoms with Gasteiger partial charge in [0, 0.05) is 40.7 Å². The van der Waals surface area contributed by atoms with Crippen molar-refractivity contribution in [3.63, 3.8) is 0 Å². The molecule has 2 aliphatic rings. The van der Waals surface area contributed by atoms with Crippen molar-refractivity contribution in [2.24, 2.45) is 5.92 Å². The molecule has 1 atom stereocenters. The maximum atomic E-state index is 13.8. The van der Waals surface area contributed by atoms with Gasteiger partial charge in [-0.2, -0.15) is 0 Å². The molecule has 0 saturated carbocycles. The zero-order chi connectivity index (χ0) is 23.0. The van der Waals surface area contributed by atoms with Crippen LogP contribution in [0.2, 0.25) is 0 Å². The molecule has 1 aromatic heterocycles. The molecule has 166 valence electrons. The van der Waals surface area contributed by atoms with E-state index < -0.39 is 23.3 Å². The second kappa shape index (κ2) is 8.20. The first-order valence-corrected chi connectivity index (χ1v) is 10.1. The molecule has 4 rings (SSSR count). The summed E-state index contributed by atoms with van der Waals surface area (Å²) in [6.45, 7) is 3.42. The van der Waals surface area contributed by atoms with Gasteiger partial charge in [-0.05, 0) is 44.2 Å². The number of aromatic nitrogens is 1. The molecule has 0 bridgehead atoms. The lowest BCUT2D eigenvalue weighted by Gasteiger charge is -2.23. The van der Waals surface area contributed by atoms with Crippen LogP contribution in [0.5, 0.6) is 0 Å². The fraction of sp³-hybridized carbons (Fsp3) is 0.292. The van der Waals surface area contributed by atoms with Crippen LogP contribution in [0.15, 0.2) is 48.4 Å². The van der Waals surface area contributed by atoms with Gasteiger partial charge in [-0.1, -0.05) is 6.07 Å². The number of aliphatic hydroxyl groups is 1. The Balaban J connectivity index is 1.67. The largest absolute Gasteiger partial charge is 0.482 e. The number of halogens is 1. The van der Waals surface area contributed by atoms with Crippen LogP contribution >= 0.6 is 0 Å². The number of nitrogens with one attached hydrogen (secondary N) is 1. The Hall–Kier alpha value is -3.52. The average Bonchev–Trinajstić information content (AvgIpc) is 3.26. The van der Waals surface area contributed by atoms with Gasteiger partial charge in [-0.15, -0.1) is 0 Å². The van der Waals surface area contributed by atoms with Crippen molar-refractivity contribution < 1.29 is 28.6 Å². The third-order valence-electron chi connectivity index (χ3n) is 5.61. The number of fused-ring (bicyclic) bond motifs is 1. The highest BCUT2D eigenvalue weighted by Crippen LogP contribution is 2.44. The second-order valence-corrected chi connectivity index (χ2v) is 8.20. The molecule has 0 unspecified atom stereocenters. The van der Waals surface area contributed by atoms with E-state index in [1.165, 1.54) is 25.3 Å². The normalized spacial score (nSPS) is 19.7. The molecule has 0 saturated heterocycles. The van der Waals surface area contributed by atoms with Crippen LogP contribution < -0.4 is 5.32 Å². The summed E-state index contributed by atoms with van der Waals surface area (Å²) in [5.41, 5.74) is 2.77. The number of methoxy groups -OCH3 is 1. The van der Waals surface area contributed by atoms with E-state index in [2.05, 4.69) is 10.3 Å². The van der Waals surface area contributed by atoms with E-state index in [1.54, 1.807) is 18.3 Å². The van der Waals surface area contributed by atoms with Crippen LogP contribution in [0, 0.1) is 11.7 Å². The molecule has 3 heterocycles. The summed E-state index contributed by atoms with van der Waals surface area (Å²) < 4.78 is 24.6. The maximum absolute atomic E-state index is 13.8. The van der Waals surface area contributed by atoms with Crippen molar-refractivity contribution in [3.05, 3.63) is 71.0 Å². The fourth-order valence-electron chi connectivity index (χ4n) is 3.95. The lowest BCUT2D eigenvalue weighted by Crippen LogP contribution is -2.23. The number of carbonyl (C=O) groups excluding carboxylic acids is 2. The van der Waals surface area contributed by atoms with Crippen molar-refractivity contribution in [1.82, 2.24) is 4.98 Å². The van der Waals surface area contributed by atoms with Gasteiger partial charge in [-0.25, -0.2) is 4.39 Å². The third-order valence-corrected chi connectivity index (χ3v) is 5.61. The summed E-state index contributed by atoms with van der Waals surface area (Å²) in [6.07, 6.45) is 3.69. The molecule has 0 spiro atoms. The number of hydrogen-bond donors (Lipinski definition) is 2. The standard InChI is InChI=1S/C24H23FN2O5/c1-24(2)18(13-4-6-16(26-11-13)8-14(12-28)23(30)31-3)10-20(32-24)21-17-9-15(25)5-7-19(17)27-22(21)29/h4-7,9-11,14,28H,8,12H2,1-3H3,(H,27,29)/b21-20+/t14-/m0/s1. The predicted octanol–water partition coefficient (Wildman–Crippen LogP) is 3.10. The van der Waals surface area contributed by atoms with Crippen LogP contribution in [0.4, 0.5) is 10.1 Å². The molecule has 7 nitrogen and oxygen atoms in total. The van der Waals surface area contributed by atoms with E-state index in [-0.39, 0.29) is 24.5 Å². The molecule has 1 amide bonds. The van der Waals surface area contributed by atoms with Gasteiger partial charge in [0.15, 0.2) is 0 Å². The van der Waals surface area contributed by atoms with Crippen molar-refractivity contribution in [2.45, 2.75) is 25.9 Å². The Morgan fingerprint density at radius 1 is 1.31 bits per heavy atom. The summed E-state index contributed by atoms with van der Waals surface area (Å²) >= 11 is 0. The lowest BCUT2D eigenvalue weighted by atomic mass is 9.92. The molecule has 2 aliphatic heterocycles. The lowest BCUT2D eigenvalue weighted by molar-refractivity contribution is -0.146. The van der Waals surface area contributed by atoms with E-state index in [9.17, 15) is 19.1 Å². The van der Waals surface area contributed by atoms with E-state index in [1.807, 2.05) is 19.9 Å². The molecular formula is C24H23FN2O5. The minimum Gasteiger partial charge on any atom is -0.482 e. The van der Waals surface area contributed by atoms with Gasteiger partial charge in [0.2, 0.25) is 0 Å². The van der Waals surface area contributed by atoms with Crippen LogP contribution in [0.3, 0.4) is 0 Å². The number of carbonyl (C=O) groups is 2. The highest BCUT2D eigenvalue weighted by atomic mass is 19.1. The van der Waals surface area contributed by atoms with Crippen LogP contribution in [0.1, 0.15) is 30.7 Å². The van der Waals surface area contributed by atoms with Crippen LogP contribution in [-0.4, -0.2) is 41.3 Å². The zero-order valence-corrected chi connectivity index (χ0v) is 17.9. The van der Waals surface area contributed by atoms with Crippen LogP contribution in [0.25, 0.3) is 11.1 Å². The molecule has 0 radical (unpaired) electrons. The number of rotatable bonds is 5. The van der Waals surface area contributed by atoms with E-state index in [0.717, 1.165) is 11.1 Å². The highest BCUT2D eigenvalue weighted by molar-refractivity contribution is 6.32. The number of amides is 1. The molecule has 32 heavy (non-hydrogen) atoms. The molecule has 8 heteroatoms. The number of allylic oxidation sites excluding steroid dienone is 1. The number of ether oxygens (including phenoxy) is 2. The molecular weight excluding hydrogens is 415 g/mol. The number of nitrogens with zero attached hydrogens (tertiary/aromatic N) is 1. The third kappa shape index (κ3) is 3.89. The molecule has 0 fully saturated rings. The van der Waals surface area contributed by atoms with Crippen LogP contribution in [-0.2, 0) is 25.5 Å². The topological polar surface area (TPSA) is 97.8 Å². The first kappa shape index (κ1) is 21.7. The Morgan fingerprint density at radius 3 is 2.75 bits per heavy atom. The van der Waals surface area contributed by atoms with Crippen molar-refractivity contribution in [1.29, 1.82) is 0 Å². The summed E-state index contributed by atoms with van der Waals surface area (Å²) in [5, 5.41) is 12.1. The molecule has 2 N–H and O–H groups in total. The quantitative estimate of drug-likeness (QED) is 0.550. The number of benzene rings is 1. The van der Waals surface area contributed by atoms with Gasteiger partial charge < -0.3 is 19.9 Å². The Kier molecular flexibility index (Phi) is 5.56. The van der Waals surface area contributed by atoms with Gasteiger partial charge in [0.05, 0.1) is 25.2 Å². The molecule has 0 aliphatic carbocycles. The van der Waals surface area contributed by atoms with E-state index in [4.69, 9.17) is 9.47 Å². The summed E-state index contributed by atoms with van der Waals surface area (Å²) in [4.78, 5) is 28.7. The van der Waals surface area contributed by atoms with Crippen molar-refractivity contribution in [2.75, 3.05) is 19.0 Å². The van der Waals surface area contributed by atoms with Gasteiger partial charge in [-0.3, -0.25) is 14.6 Å². The fourth-order valence-corrected chi connectivity index (χ4v) is 3.95. The monoisotopic (exact) mass is 438 g/mol. The first-order valence-electron chi connectivity index (χ1n) is 10.1. The highest BCUT2D eigenvalue weighted by Gasteiger charge is 2.38. The number of hydrogen-bond acceptors (Lipinski definition) is 6. The van der Waals surface area contributed by atoms with Gasteiger partial charge in [0.25, 0.3) is 5.91 Å². The SMILES string of the molecule is COC(=O)[C@H](CO)Cc1ccc(C2=C/C(=C3\C(=O)Nc4ccc(F)cc43)OC2(C)C)cn1. The number of esters is 1. The summed E-state index contributed by atoms with van der Waals surface area (Å²) in [7, 11) is 1.28. The Morgan fingerprint density at radius 2 is 2.09 bits per heavy atom. The summed E-state index contributed by atoms with van der Waals surface area (Å²) in [6, 6.07) is 7.75. The smallest absolute Gasteiger partial charge is 0.311 e. The van der Waals surface area contributed by atoms with Gasteiger partial charge in [0.1, 0.15) is 17.2 Å². The maximum Gasteiger partial charge on any atom is 0.311 e.